The quantitative estimate of drug-likeness (QED) is 0.758. The monoisotopic (exact) mass is 386 g/mol. The largest absolute Gasteiger partial charge is 0.311 e. The van der Waals surface area contributed by atoms with Gasteiger partial charge in [0.2, 0.25) is 5.91 Å². The van der Waals surface area contributed by atoms with Gasteiger partial charge in [0, 0.05) is 16.7 Å². The maximum Gasteiger partial charge on any atom is 0.299 e. The summed E-state index contributed by atoms with van der Waals surface area (Å²) in [6.07, 6.45) is 0. The molecular formula is C18H15BrN2O3. The van der Waals surface area contributed by atoms with E-state index < -0.39 is 11.7 Å². The molecule has 2 aromatic carbocycles. The van der Waals surface area contributed by atoms with Crippen molar-refractivity contribution < 1.29 is 14.4 Å². The van der Waals surface area contributed by atoms with Gasteiger partial charge in [-0.2, -0.15) is 0 Å². The van der Waals surface area contributed by atoms with Crippen molar-refractivity contribution >= 4 is 44.9 Å². The molecule has 0 radical (unpaired) electrons. The molecule has 1 heterocycles. The summed E-state index contributed by atoms with van der Waals surface area (Å²) in [6, 6.07) is 14.3. The molecule has 0 spiro atoms. The number of ketones is 1. The van der Waals surface area contributed by atoms with Crippen LogP contribution in [0.2, 0.25) is 0 Å². The van der Waals surface area contributed by atoms with Gasteiger partial charge in [-0.25, -0.2) is 0 Å². The number of rotatable bonds is 4. The Hall–Kier alpha value is -2.47. The molecule has 0 saturated carbocycles. The van der Waals surface area contributed by atoms with Gasteiger partial charge in [0.25, 0.3) is 11.7 Å². The van der Waals surface area contributed by atoms with Crippen molar-refractivity contribution in [2.45, 2.75) is 6.92 Å². The Bertz CT molecular complexity index is 820. The second-order valence-corrected chi connectivity index (χ2v) is 6.27. The minimum Gasteiger partial charge on any atom is -0.311 e. The maximum atomic E-state index is 12.7. The Morgan fingerprint density at radius 2 is 1.83 bits per heavy atom. The van der Waals surface area contributed by atoms with Crippen molar-refractivity contribution in [2.24, 2.45) is 0 Å². The lowest BCUT2D eigenvalue weighted by atomic mass is 10.1. The van der Waals surface area contributed by atoms with Gasteiger partial charge in [-0.05, 0) is 37.3 Å². The molecule has 3 rings (SSSR count). The van der Waals surface area contributed by atoms with Crippen LogP contribution in [-0.2, 0) is 9.59 Å². The molecule has 2 amide bonds. The van der Waals surface area contributed by atoms with Gasteiger partial charge in [-0.1, -0.05) is 34.1 Å². The van der Waals surface area contributed by atoms with Crippen molar-refractivity contribution in [3.05, 3.63) is 58.6 Å². The number of halogens is 1. The molecule has 0 aromatic heterocycles. The number of carbonyl (C=O) groups excluding carboxylic acids is 3. The predicted molar refractivity (Wildman–Crippen MR) is 95.3 cm³/mol. The second-order valence-electron chi connectivity index (χ2n) is 5.36. The first kappa shape index (κ1) is 16.4. The van der Waals surface area contributed by atoms with Gasteiger partial charge in [-0.3, -0.25) is 19.3 Å². The van der Waals surface area contributed by atoms with Gasteiger partial charge in [0.05, 0.1) is 11.3 Å². The lowest BCUT2D eigenvalue weighted by Crippen LogP contribution is -2.42. The Labute approximate surface area is 148 Å². The van der Waals surface area contributed by atoms with E-state index in [0.717, 1.165) is 10.2 Å². The minimum atomic E-state index is -0.666. The minimum absolute atomic E-state index is 0.165. The summed E-state index contributed by atoms with van der Waals surface area (Å²) in [4.78, 5) is 39.9. The zero-order valence-corrected chi connectivity index (χ0v) is 14.6. The van der Waals surface area contributed by atoms with E-state index >= 15 is 0 Å². The van der Waals surface area contributed by atoms with E-state index in [-0.39, 0.29) is 12.5 Å². The van der Waals surface area contributed by atoms with Crippen molar-refractivity contribution in [3.8, 4) is 0 Å². The highest BCUT2D eigenvalue weighted by atomic mass is 79.9. The molecule has 24 heavy (non-hydrogen) atoms. The van der Waals surface area contributed by atoms with Crippen molar-refractivity contribution in [2.75, 3.05) is 22.9 Å². The Morgan fingerprint density at radius 3 is 2.50 bits per heavy atom. The molecule has 0 unspecified atom stereocenters. The van der Waals surface area contributed by atoms with Gasteiger partial charge < -0.3 is 4.90 Å². The molecule has 122 valence electrons. The topological polar surface area (TPSA) is 57.7 Å². The molecule has 0 fully saturated rings. The van der Waals surface area contributed by atoms with Crippen LogP contribution in [0.3, 0.4) is 0 Å². The summed E-state index contributed by atoms with van der Waals surface area (Å²) in [5.41, 5.74) is 1.56. The van der Waals surface area contributed by atoms with Crippen LogP contribution >= 0.6 is 15.9 Å². The van der Waals surface area contributed by atoms with Gasteiger partial charge in [0.15, 0.2) is 0 Å². The third-order valence-electron chi connectivity index (χ3n) is 3.91. The number of hydrogen-bond acceptors (Lipinski definition) is 3. The molecule has 1 aliphatic heterocycles. The highest BCUT2D eigenvalue weighted by Crippen LogP contribution is 2.31. The third kappa shape index (κ3) is 2.85. The third-order valence-corrected chi connectivity index (χ3v) is 4.41. The predicted octanol–water partition coefficient (Wildman–Crippen LogP) is 3.03. The number of para-hydroxylation sites is 1. The summed E-state index contributed by atoms with van der Waals surface area (Å²) >= 11 is 3.29. The number of fused-ring (bicyclic) bond motifs is 1. The van der Waals surface area contributed by atoms with Crippen molar-refractivity contribution in [1.82, 2.24) is 0 Å². The lowest BCUT2D eigenvalue weighted by molar-refractivity contribution is -0.120. The van der Waals surface area contributed by atoms with Crippen LogP contribution in [0.4, 0.5) is 11.4 Å². The number of benzene rings is 2. The first-order valence-electron chi connectivity index (χ1n) is 7.54. The fraction of sp³-hybridized carbons (Fsp3) is 0.167. The molecule has 6 heteroatoms. The Kier molecular flexibility index (Phi) is 4.49. The summed E-state index contributed by atoms with van der Waals surface area (Å²) in [5.74, 6) is -1.48. The first-order valence-corrected chi connectivity index (χ1v) is 8.33. The number of hydrogen-bond donors (Lipinski definition) is 0. The summed E-state index contributed by atoms with van der Waals surface area (Å²) in [5, 5.41) is 0. The van der Waals surface area contributed by atoms with Crippen molar-refractivity contribution in [3.63, 3.8) is 0 Å². The van der Waals surface area contributed by atoms with Crippen LogP contribution in [0.1, 0.15) is 17.3 Å². The fourth-order valence-electron chi connectivity index (χ4n) is 2.76. The normalized spacial score (nSPS) is 13.2. The summed E-state index contributed by atoms with van der Waals surface area (Å²) in [7, 11) is 0. The second kappa shape index (κ2) is 6.57. The van der Waals surface area contributed by atoms with Gasteiger partial charge in [0.1, 0.15) is 6.54 Å². The molecular weight excluding hydrogens is 372 g/mol. The van der Waals surface area contributed by atoms with Crippen molar-refractivity contribution in [1.29, 1.82) is 0 Å². The molecule has 5 nitrogen and oxygen atoms in total. The summed E-state index contributed by atoms with van der Waals surface area (Å²) in [6.45, 7) is 2.18. The Balaban J connectivity index is 1.87. The molecule has 0 saturated heterocycles. The first-order chi connectivity index (χ1) is 11.5. The lowest BCUT2D eigenvalue weighted by Gasteiger charge is -2.24. The molecule has 1 aliphatic rings. The number of Topliss-reactive ketones (excluding diaryl/α,β-unsaturated/α-hetero) is 1. The molecule has 0 atom stereocenters. The SMILES string of the molecule is CCN(C(=O)CN1C(=O)C(=O)c2cc(Br)ccc21)c1ccccc1. The number of amides is 2. The van der Waals surface area contributed by atoms with Crippen LogP contribution in [0.15, 0.2) is 53.0 Å². The van der Waals surface area contributed by atoms with E-state index in [4.69, 9.17) is 0 Å². The summed E-state index contributed by atoms with van der Waals surface area (Å²) < 4.78 is 0.718. The smallest absolute Gasteiger partial charge is 0.299 e. The average Bonchev–Trinajstić information content (AvgIpc) is 2.81. The number of likely N-dealkylation sites (N-methyl/N-ethyl adjacent to an activating group) is 1. The number of nitrogens with zero attached hydrogens (tertiary/aromatic N) is 2. The van der Waals surface area contributed by atoms with Gasteiger partial charge in [-0.15, -0.1) is 0 Å². The molecule has 0 N–H and O–H groups in total. The fourth-order valence-corrected chi connectivity index (χ4v) is 3.12. The van der Waals surface area contributed by atoms with E-state index in [2.05, 4.69) is 15.9 Å². The van der Waals surface area contributed by atoms with Crippen LogP contribution in [0.25, 0.3) is 0 Å². The number of carbonyl (C=O) groups is 3. The molecule has 0 bridgehead atoms. The van der Waals surface area contributed by atoms with E-state index in [1.165, 1.54) is 4.90 Å². The van der Waals surface area contributed by atoms with E-state index in [1.54, 1.807) is 23.1 Å². The van der Waals surface area contributed by atoms with Gasteiger partial charge >= 0.3 is 0 Å². The van der Waals surface area contributed by atoms with Crippen LogP contribution in [-0.4, -0.2) is 30.7 Å². The molecule has 0 aliphatic carbocycles. The van der Waals surface area contributed by atoms with Crippen LogP contribution in [0.5, 0.6) is 0 Å². The Morgan fingerprint density at radius 1 is 1.12 bits per heavy atom. The van der Waals surface area contributed by atoms with E-state index in [9.17, 15) is 14.4 Å². The van der Waals surface area contributed by atoms with E-state index in [0.29, 0.717) is 17.8 Å². The zero-order chi connectivity index (χ0) is 17.3. The molecule has 2 aromatic rings. The number of anilines is 2. The van der Waals surface area contributed by atoms with E-state index in [1.807, 2.05) is 37.3 Å². The highest BCUT2D eigenvalue weighted by molar-refractivity contribution is 9.10. The average molecular weight is 387 g/mol. The standard InChI is InChI=1S/C18H15BrN2O3/c1-2-20(13-6-4-3-5-7-13)16(22)11-21-15-9-8-12(19)10-14(15)17(23)18(21)24/h3-10H,2,11H2,1H3. The highest BCUT2D eigenvalue weighted by Gasteiger charge is 2.37. The maximum absolute atomic E-state index is 12.7. The van der Waals surface area contributed by atoms with Crippen LogP contribution < -0.4 is 9.80 Å². The zero-order valence-electron chi connectivity index (χ0n) is 13.0. The van der Waals surface area contributed by atoms with Crippen LogP contribution in [0, 0.1) is 0 Å².